The molecule has 0 heterocycles. The average molecular weight is 304 g/mol. The first kappa shape index (κ1) is 19.2. The minimum atomic E-state index is 0.0839. The number of nitrogens with one attached hydrogen (secondary N) is 1. The monoisotopic (exact) mass is 303 g/mol. The predicted molar refractivity (Wildman–Crippen MR) is 99.3 cm³/mol. The molecule has 0 aliphatic heterocycles. The van der Waals surface area contributed by atoms with Crippen molar-refractivity contribution in [3.05, 3.63) is 35.9 Å². The molecule has 0 fully saturated rings. The smallest absolute Gasteiger partial charge is 0.0377 e. The van der Waals surface area contributed by atoms with E-state index >= 15 is 0 Å². The lowest BCUT2D eigenvalue weighted by Gasteiger charge is -2.27. The fourth-order valence-corrected chi connectivity index (χ4v) is 2.97. The minimum absolute atomic E-state index is 0.0839. The van der Waals surface area contributed by atoms with Gasteiger partial charge in [-0.05, 0) is 32.4 Å². The Labute approximate surface area is 138 Å². The Hall–Kier alpha value is -0.820. The zero-order valence-corrected chi connectivity index (χ0v) is 15.2. The topological polar surface area (TPSA) is 12.0 Å². The second-order valence-corrected chi connectivity index (χ2v) is 7.10. The average Bonchev–Trinajstić information content (AvgIpc) is 2.53. The van der Waals surface area contributed by atoms with Crippen molar-refractivity contribution in [2.75, 3.05) is 6.54 Å². The summed E-state index contributed by atoms with van der Waals surface area (Å²) in [6.45, 7) is 7.96. The molecule has 1 heteroatoms. The van der Waals surface area contributed by atoms with Gasteiger partial charge in [-0.3, -0.25) is 0 Å². The summed E-state index contributed by atoms with van der Waals surface area (Å²) in [5.41, 5.74) is 1.46. The summed E-state index contributed by atoms with van der Waals surface area (Å²) in [7, 11) is 0. The van der Waals surface area contributed by atoms with E-state index in [1.807, 2.05) is 0 Å². The molecule has 1 aromatic rings. The van der Waals surface area contributed by atoms with Crippen molar-refractivity contribution >= 4 is 0 Å². The molecule has 126 valence electrons. The van der Waals surface area contributed by atoms with Crippen molar-refractivity contribution in [3.8, 4) is 0 Å². The van der Waals surface area contributed by atoms with Crippen LogP contribution in [0.25, 0.3) is 0 Å². The van der Waals surface area contributed by atoms with E-state index in [1.54, 1.807) is 0 Å². The molecule has 1 N–H and O–H groups in total. The number of unbranched alkanes of at least 4 members (excludes halogenated alkanes) is 9. The van der Waals surface area contributed by atoms with Crippen molar-refractivity contribution in [2.45, 2.75) is 90.5 Å². The van der Waals surface area contributed by atoms with Crippen LogP contribution in [0.3, 0.4) is 0 Å². The lowest BCUT2D eigenvalue weighted by molar-refractivity contribution is 0.394. The normalized spacial score (nSPS) is 11.8. The van der Waals surface area contributed by atoms with E-state index in [0.29, 0.717) is 0 Å². The summed E-state index contributed by atoms with van der Waals surface area (Å²) in [6.07, 6.45) is 14.0. The highest BCUT2D eigenvalue weighted by molar-refractivity contribution is 5.22. The molecule has 0 unspecified atom stereocenters. The number of hydrogen-bond acceptors (Lipinski definition) is 1. The van der Waals surface area contributed by atoms with Gasteiger partial charge in [0, 0.05) is 5.54 Å². The van der Waals surface area contributed by atoms with E-state index in [2.05, 4.69) is 56.4 Å². The Bertz CT molecular complexity index is 355. The van der Waals surface area contributed by atoms with Crippen LogP contribution in [0.15, 0.2) is 30.3 Å². The van der Waals surface area contributed by atoms with E-state index in [-0.39, 0.29) is 5.54 Å². The van der Waals surface area contributed by atoms with E-state index in [1.165, 1.54) is 69.8 Å². The molecule has 0 bridgehead atoms. The molecule has 1 nitrogen and oxygen atoms in total. The molecule has 0 aliphatic carbocycles. The van der Waals surface area contributed by atoms with E-state index in [4.69, 9.17) is 0 Å². The van der Waals surface area contributed by atoms with Crippen LogP contribution in [0, 0.1) is 0 Å². The van der Waals surface area contributed by atoms with Crippen LogP contribution in [0.1, 0.15) is 90.5 Å². The summed E-state index contributed by atoms with van der Waals surface area (Å²) in [5.74, 6) is 0. The molecule has 0 aromatic heterocycles. The molecule has 22 heavy (non-hydrogen) atoms. The fourth-order valence-electron chi connectivity index (χ4n) is 2.97. The highest BCUT2D eigenvalue weighted by atomic mass is 14.9. The van der Waals surface area contributed by atoms with E-state index < -0.39 is 0 Å². The second-order valence-electron chi connectivity index (χ2n) is 7.10. The fraction of sp³-hybridized carbons (Fsp3) is 0.714. The zero-order valence-electron chi connectivity index (χ0n) is 15.2. The lowest BCUT2D eigenvalue weighted by Crippen LogP contribution is -2.37. The van der Waals surface area contributed by atoms with Crippen LogP contribution in [0.5, 0.6) is 0 Å². The summed E-state index contributed by atoms with van der Waals surface area (Å²) in [6, 6.07) is 10.8. The van der Waals surface area contributed by atoms with Gasteiger partial charge in [0.25, 0.3) is 0 Å². The zero-order chi connectivity index (χ0) is 16.1. The van der Waals surface area contributed by atoms with Crippen LogP contribution in [0.2, 0.25) is 0 Å². The van der Waals surface area contributed by atoms with Gasteiger partial charge in [0.05, 0.1) is 0 Å². The van der Waals surface area contributed by atoms with Gasteiger partial charge >= 0.3 is 0 Å². The van der Waals surface area contributed by atoms with Crippen LogP contribution in [-0.2, 0) is 5.54 Å². The van der Waals surface area contributed by atoms with Crippen LogP contribution in [0.4, 0.5) is 0 Å². The SMILES string of the molecule is CCCCCCCCCCCCNC(C)(C)c1ccccc1. The first-order chi connectivity index (χ1) is 10.7. The molecular formula is C21H37N. The molecule has 0 saturated carbocycles. The largest absolute Gasteiger partial charge is 0.308 e. The Kier molecular flexibility index (Phi) is 10.2. The van der Waals surface area contributed by atoms with Crippen molar-refractivity contribution in [1.29, 1.82) is 0 Å². The minimum Gasteiger partial charge on any atom is -0.308 e. The highest BCUT2D eigenvalue weighted by Gasteiger charge is 2.18. The van der Waals surface area contributed by atoms with Gasteiger partial charge in [-0.1, -0.05) is 95.0 Å². The van der Waals surface area contributed by atoms with Crippen LogP contribution in [-0.4, -0.2) is 6.54 Å². The molecule has 1 rings (SSSR count). The van der Waals surface area contributed by atoms with Gasteiger partial charge in [-0.15, -0.1) is 0 Å². The summed E-state index contributed by atoms with van der Waals surface area (Å²) in [5, 5.41) is 3.70. The Morgan fingerprint density at radius 2 is 1.23 bits per heavy atom. The first-order valence-electron chi connectivity index (χ1n) is 9.47. The standard InChI is InChI=1S/C21H37N/c1-4-5-6-7-8-9-10-11-12-16-19-22-21(2,3)20-17-14-13-15-18-20/h13-15,17-18,22H,4-12,16,19H2,1-3H3. The van der Waals surface area contributed by atoms with Gasteiger partial charge in [-0.25, -0.2) is 0 Å². The summed E-state index contributed by atoms with van der Waals surface area (Å²) < 4.78 is 0. The Morgan fingerprint density at radius 3 is 1.77 bits per heavy atom. The maximum absolute atomic E-state index is 3.70. The molecule has 0 atom stereocenters. The third-order valence-corrected chi connectivity index (χ3v) is 4.59. The Morgan fingerprint density at radius 1 is 0.727 bits per heavy atom. The van der Waals surface area contributed by atoms with Crippen LogP contribution >= 0.6 is 0 Å². The molecule has 0 amide bonds. The second kappa shape index (κ2) is 11.7. The summed E-state index contributed by atoms with van der Waals surface area (Å²) >= 11 is 0. The third kappa shape index (κ3) is 8.58. The number of rotatable bonds is 13. The molecule has 1 aromatic carbocycles. The summed E-state index contributed by atoms with van der Waals surface area (Å²) in [4.78, 5) is 0. The van der Waals surface area contributed by atoms with Gasteiger partial charge < -0.3 is 5.32 Å². The maximum atomic E-state index is 3.70. The van der Waals surface area contributed by atoms with Gasteiger partial charge in [-0.2, -0.15) is 0 Å². The molecule has 0 spiro atoms. The van der Waals surface area contributed by atoms with Gasteiger partial charge in [0.15, 0.2) is 0 Å². The maximum Gasteiger partial charge on any atom is 0.0377 e. The van der Waals surface area contributed by atoms with Crippen molar-refractivity contribution in [1.82, 2.24) is 5.32 Å². The van der Waals surface area contributed by atoms with E-state index in [0.717, 1.165) is 6.54 Å². The first-order valence-corrected chi connectivity index (χ1v) is 9.47. The van der Waals surface area contributed by atoms with Crippen molar-refractivity contribution < 1.29 is 0 Å². The number of benzene rings is 1. The van der Waals surface area contributed by atoms with Crippen molar-refractivity contribution in [2.24, 2.45) is 0 Å². The van der Waals surface area contributed by atoms with Gasteiger partial charge in [0.1, 0.15) is 0 Å². The van der Waals surface area contributed by atoms with Crippen molar-refractivity contribution in [3.63, 3.8) is 0 Å². The third-order valence-electron chi connectivity index (χ3n) is 4.59. The quantitative estimate of drug-likeness (QED) is 0.414. The Balaban J connectivity index is 1.97. The van der Waals surface area contributed by atoms with E-state index in [9.17, 15) is 0 Å². The van der Waals surface area contributed by atoms with Gasteiger partial charge in [0.2, 0.25) is 0 Å². The lowest BCUT2D eigenvalue weighted by atomic mass is 9.94. The molecule has 0 aliphatic rings. The highest BCUT2D eigenvalue weighted by Crippen LogP contribution is 2.19. The number of hydrogen-bond donors (Lipinski definition) is 1. The molecule has 0 radical (unpaired) electrons. The predicted octanol–water partition coefficient (Wildman–Crippen LogP) is 6.43. The van der Waals surface area contributed by atoms with Crippen LogP contribution < -0.4 is 5.32 Å². The molecule has 0 saturated heterocycles. The molecular weight excluding hydrogens is 266 g/mol.